The summed E-state index contributed by atoms with van der Waals surface area (Å²) in [7, 11) is 0. The first-order valence-electron chi connectivity index (χ1n) is 6.14. The molecular formula is C15H14N2O2. The normalized spacial score (nSPS) is 17.9. The number of anilines is 1. The number of fused-ring (bicyclic) bond motifs is 1. The van der Waals surface area contributed by atoms with E-state index < -0.39 is 5.54 Å². The van der Waals surface area contributed by atoms with Gasteiger partial charge in [0.05, 0.1) is 0 Å². The van der Waals surface area contributed by atoms with E-state index in [2.05, 4.69) is 5.32 Å². The molecule has 0 aromatic heterocycles. The Morgan fingerprint density at radius 1 is 1.00 bits per heavy atom. The second-order valence-corrected chi connectivity index (χ2v) is 5.19. The van der Waals surface area contributed by atoms with Crippen molar-refractivity contribution in [1.82, 2.24) is 5.32 Å². The molecule has 3 amide bonds. The third-order valence-electron chi connectivity index (χ3n) is 3.53. The van der Waals surface area contributed by atoms with Crippen molar-refractivity contribution in [2.24, 2.45) is 0 Å². The van der Waals surface area contributed by atoms with Gasteiger partial charge < -0.3 is 0 Å². The smallest absolute Gasteiger partial charge is 0.279 e. The number of hydrogen-bond acceptors (Lipinski definition) is 2. The highest BCUT2D eigenvalue weighted by atomic mass is 16.2. The van der Waals surface area contributed by atoms with Crippen LogP contribution in [0.3, 0.4) is 0 Å². The number of rotatable bonds is 1. The van der Waals surface area contributed by atoms with Crippen LogP contribution < -0.4 is 10.2 Å². The van der Waals surface area contributed by atoms with E-state index in [9.17, 15) is 9.59 Å². The molecule has 96 valence electrons. The van der Waals surface area contributed by atoms with Crippen molar-refractivity contribution in [2.45, 2.75) is 19.4 Å². The molecule has 4 heteroatoms. The molecule has 1 fully saturated rings. The molecule has 0 atom stereocenters. The van der Waals surface area contributed by atoms with Crippen LogP contribution in [-0.2, 0) is 4.79 Å². The molecule has 2 aromatic rings. The second-order valence-electron chi connectivity index (χ2n) is 5.19. The molecule has 0 spiro atoms. The Balaban J connectivity index is 2.14. The lowest BCUT2D eigenvalue weighted by Crippen LogP contribution is -2.44. The van der Waals surface area contributed by atoms with Gasteiger partial charge >= 0.3 is 6.03 Å². The number of amides is 3. The Bertz CT molecular complexity index is 691. The topological polar surface area (TPSA) is 49.4 Å². The summed E-state index contributed by atoms with van der Waals surface area (Å²) in [5, 5.41) is 4.50. The highest BCUT2D eigenvalue weighted by Crippen LogP contribution is 2.30. The standard InChI is InChI=1S/C15H14N2O2/c1-15(2)13(18)16-14(19)17(15)12-8-7-10-5-3-4-6-11(10)9-12/h3-9H,1-2H3,(H,16,18,19). The maximum Gasteiger partial charge on any atom is 0.329 e. The third-order valence-corrected chi connectivity index (χ3v) is 3.53. The zero-order valence-corrected chi connectivity index (χ0v) is 10.8. The van der Waals surface area contributed by atoms with E-state index in [-0.39, 0.29) is 11.9 Å². The maximum atomic E-state index is 11.9. The highest BCUT2D eigenvalue weighted by Gasteiger charge is 2.46. The van der Waals surface area contributed by atoms with Crippen LogP contribution in [0.25, 0.3) is 10.8 Å². The molecule has 0 saturated carbocycles. The van der Waals surface area contributed by atoms with Crippen LogP contribution in [0.2, 0.25) is 0 Å². The zero-order chi connectivity index (χ0) is 13.6. The van der Waals surface area contributed by atoms with E-state index in [0.717, 1.165) is 16.5 Å². The number of carbonyl (C=O) groups excluding carboxylic acids is 2. The minimum atomic E-state index is -0.862. The molecule has 19 heavy (non-hydrogen) atoms. The summed E-state index contributed by atoms with van der Waals surface area (Å²) < 4.78 is 0. The Kier molecular flexibility index (Phi) is 2.35. The number of imide groups is 1. The van der Waals surface area contributed by atoms with Crippen molar-refractivity contribution >= 4 is 28.4 Å². The summed E-state index contributed by atoms with van der Waals surface area (Å²) in [5.74, 6) is -0.273. The van der Waals surface area contributed by atoms with E-state index in [1.165, 1.54) is 4.90 Å². The molecule has 2 aromatic carbocycles. The van der Waals surface area contributed by atoms with Gasteiger partial charge in [0.15, 0.2) is 0 Å². The molecule has 0 bridgehead atoms. The van der Waals surface area contributed by atoms with Crippen molar-refractivity contribution in [3.8, 4) is 0 Å². The van der Waals surface area contributed by atoms with Gasteiger partial charge in [0.2, 0.25) is 0 Å². The quantitative estimate of drug-likeness (QED) is 0.795. The van der Waals surface area contributed by atoms with E-state index in [1.807, 2.05) is 42.5 Å². The molecule has 1 aliphatic rings. The summed E-state index contributed by atoms with van der Waals surface area (Å²) in [5.41, 5.74) is -0.133. The van der Waals surface area contributed by atoms with E-state index in [0.29, 0.717) is 0 Å². The molecule has 3 rings (SSSR count). The van der Waals surface area contributed by atoms with Crippen molar-refractivity contribution in [3.63, 3.8) is 0 Å². The van der Waals surface area contributed by atoms with Gasteiger partial charge in [-0.15, -0.1) is 0 Å². The van der Waals surface area contributed by atoms with E-state index >= 15 is 0 Å². The monoisotopic (exact) mass is 254 g/mol. The van der Waals surface area contributed by atoms with Crippen LogP contribution in [0.4, 0.5) is 10.5 Å². The first-order valence-corrected chi connectivity index (χ1v) is 6.14. The molecular weight excluding hydrogens is 240 g/mol. The number of nitrogens with zero attached hydrogens (tertiary/aromatic N) is 1. The predicted octanol–water partition coefficient (Wildman–Crippen LogP) is 2.67. The molecule has 0 aliphatic carbocycles. The van der Waals surface area contributed by atoms with E-state index in [1.54, 1.807) is 13.8 Å². The van der Waals surface area contributed by atoms with Crippen molar-refractivity contribution in [2.75, 3.05) is 4.90 Å². The Hall–Kier alpha value is -2.36. The van der Waals surface area contributed by atoms with Gasteiger partial charge in [-0.3, -0.25) is 15.0 Å². The Labute approximate surface area is 111 Å². The Morgan fingerprint density at radius 2 is 1.68 bits per heavy atom. The van der Waals surface area contributed by atoms with Crippen LogP contribution in [0, 0.1) is 0 Å². The number of nitrogens with one attached hydrogen (secondary N) is 1. The maximum absolute atomic E-state index is 11.9. The van der Waals surface area contributed by atoms with Crippen LogP contribution in [0.5, 0.6) is 0 Å². The van der Waals surface area contributed by atoms with Crippen LogP contribution >= 0.6 is 0 Å². The summed E-state index contributed by atoms with van der Waals surface area (Å²) in [4.78, 5) is 25.2. The van der Waals surface area contributed by atoms with Gasteiger partial charge in [-0.05, 0) is 36.8 Å². The minimum Gasteiger partial charge on any atom is -0.279 e. The number of benzene rings is 2. The fraction of sp³-hybridized carbons (Fsp3) is 0.200. The largest absolute Gasteiger partial charge is 0.329 e. The number of hydrogen-bond donors (Lipinski definition) is 1. The van der Waals surface area contributed by atoms with Crippen LogP contribution in [0.1, 0.15) is 13.8 Å². The number of carbonyl (C=O) groups is 2. The van der Waals surface area contributed by atoms with E-state index in [4.69, 9.17) is 0 Å². The molecule has 1 N–H and O–H groups in total. The molecule has 1 saturated heterocycles. The lowest BCUT2D eigenvalue weighted by atomic mass is 10.0. The van der Waals surface area contributed by atoms with Crippen molar-refractivity contribution < 1.29 is 9.59 Å². The molecule has 0 radical (unpaired) electrons. The van der Waals surface area contributed by atoms with Crippen LogP contribution in [0.15, 0.2) is 42.5 Å². The van der Waals surface area contributed by atoms with Crippen molar-refractivity contribution in [3.05, 3.63) is 42.5 Å². The summed E-state index contributed by atoms with van der Waals surface area (Å²) >= 11 is 0. The first kappa shape index (κ1) is 11.7. The van der Waals surface area contributed by atoms with Gasteiger partial charge in [0.1, 0.15) is 5.54 Å². The number of urea groups is 1. The highest BCUT2D eigenvalue weighted by molar-refractivity contribution is 6.16. The van der Waals surface area contributed by atoms with Gasteiger partial charge in [0.25, 0.3) is 5.91 Å². The average Bonchev–Trinajstić information content (AvgIpc) is 2.58. The predicted molar refractivity (Wildman–Crippen MR) is 74.0 cm³/mol. The molecule has 1 heterocycles. The summed E-state index contributed by atoms with van der Waals surface area (Å²) in [6.07, 6.45) is 0. The van der Waals surface area contributed by atoms with Gasteiger partial charge in [-0.2, -0.15) is 0 Å². The van der Waals surface area contributed by atoms with Crippen LogP contribution in [-0.4, -0.2) is 17.5 Å². The zero-order valence-electron chi connectivity index (χ0n) is 10.8. The molecule has 4 nitrogen and oxygen atoms in total. The second kappa shape index (κ2) is 3.82. The fourth-order valence-electron chi connectivity index (χ4n) is 2.42. The SMILES string of the molecule is CC1(C)C(=O)NC(=O)N1c1ccc2ccccc2c1. The third kappa shape index (κ3) is 1.68. The minimum absolute atomic E-state index is 0.273. The van der Waals surface area contributed by atoms with Gasteiger partial charge in [-0.1, -0.05) is 30.3 Å². The molecule has 1 aliphatic heterocycles. The first-order chi connectivity index (χ1) is 9.00. The lowest BCUT2D eigenvalue weighted by Gasteiger charge is -2.28. The lowest BCUT2D eigenvalue weighted by molar-refractivity contribution is -0.122. The average molecular weight is 254 g/mol. The summed E-state index contributed by atoms with van der Waals surface area (Å²) in [6.45, 7) is 3.48. The van der Waals surface area contributed by atoms with Crippen molar-refractivity contribution in [1.29, 1.82) is 0 Å². The van der Waals surface area contributed by atoms with Gasteiger partial charge in [0, 0.05) is 5.69 Å². The Morgan fingerprint density at radius 3 is 2.32 bits per heavy atom. The van der Waals surface area contributed by atoms with Gasteiger partial charge in [-0.25, -0.2) is 4.79 Å². The summed E-state index contributed by atoms with van der Waals surface area (Å²) in [6, 6.07) is 13.3. The fourth-order valence-corrected chi connectivity index (χ4v) is 2.42. The molecule has 0 unspecified atom stereocenters.